The lowest BCUT2D eigenvalue weighted by molar-refractivity contribution is 0.465. The SMILES string of the molecule is C[C@@H](NCc1ccsc1)c1nnc2n1CCCC2. The summed E-state index contributed by atoms with van der Waals surface area (Å²) in [5.41, 5.74) is 1.34. The summed E-state index contributed by atoms with van der Waals surface area (Å²) >= 11 is 1.74. The van der Waals surface area contributed by atoms with Crippen LogP contribution >= 0.6 is 11.3 Å². The van der Waals surface area contributed by atoms with E-state index >= 15 is 0 Å². The number of hydrogen-bond donors (Lipinski definition) is 1. The summed E-state index contributed by atoms with van der Waals surface area (Å²) in [5.74, 6) is 2.24. The number of nitrogens with zero attached hydrogens (tertiary/aromatic N) is 3. The molecule has 3 rings (SSSR count). The number of hydrogen-bond acceptors (Lipinski definition) is 4. The van der Waals surface area contributed by atoms with Crippen molar-refractivity contribution < 1.29 is 0 Å². The third-order valence-electron chi connectivity index (χ3n) is 3.47. The van der Waals surface area contributed by atoms with Gasteiger partial charge in [-0.05, 0) is 42.2 Å². The molecule has 0 bridgehead atoms. The third kappa shape index (κ3) is 2.33. The molecule has 1 N–H and O–H groups in total. The van der Waals surface area contributed by atoms with E-state index in [1.165, 1.54) is 18.4 Å². The van der Waals surface area contributed by atoms with Crippen LogP contribution in [0.15, 0.2) is 16.8 Å². The van der Waals surface area contributed by atoms with Crippen LogP contribution in [0, 0.1) is 0 Å². The average Bonchev–Trinajstić information content (AvgIpc) is 3.05. The van der Waals surface area contributed by atoms with Gasteiger partial charge in [-0.1, -0.05) is 0 Å². The Morgan fingerprint density at radius 3 is 3.22 bits per heavy atom. The van der Waals surface area contributed by atoms with E-state index in [-0.39, 0.29) is 6.04 Å². The van der Waals surface area contributed by atoms with Crippen LogP contribution in [0.4, 0.5) is 0 Å². The molecule has 0 aliphatic carbocycles. The zero-order valence-electron chi connectivity index (χ0n) is 10.6. The van der Waals surface area contributed by atoms with Crippen molar-refractivity contribution >= 4 is 11.3 Å². The molecule has 0 fully saturated rings. The van der Waals surface area contributed by atoms with Gasteiger partial charge in [0, 0.05) is 19.5 Å². The number of aryl methyl sites for hydroxylation is 1. The normalized spacial score (nSPS) is 16.5. The molecule has 1 aliphatic rings. The van der Waals surface area contributed by atoms with E-state index in [1.54, 1.807) is 11.3 Å². The van der Waals surface area contributed by atoms with Gasteiger partial charge in [0.15, 0.2) is 0 Å². The van der Waals surface area contributed by atoms with Gasteiger partial charge in [-0.25, -0.2) is 0 Å². The topological polar surface area (TPSA) is 42.7 Å². The monoisotopic (exact) mass is 262 g/mol. The van der Waals surface area contributed by atoms with Gasteiger partial charge >= 0.3 is 0 Å². The Balaban J connectivity index is 1.68. The second-order valence-electron chi connectivity index (χ2n) is 4.82. The van der Waals surface area contributed by atoms with Gasteiger partial charge in [-0.15, -0.1) is 10.2 Å². The largest absolute Gasteiger partial charge is 0.314 e. The first-order chi connectivity index (χ1) is 8.84. The van der Waals surface area contributed by atoms with Crippen molar-refractivity contribution in [2.75, 3.05) is 0 Å². The lowest BCUT2D eigenvalue weighted by Gasteiger charge is -2.18. The fourth-order valence-corrected chi connectivity index (χ4v) is 3.08. The van der Waals surface area contributed by atoms with Crippen LogP contribution in [0.1, 0.15) is 43.0 Å². The molecule has 96 valence electrons. The zero-order valence-corrected chi connectivity index (χ0v) is 11.4. The van der Waals surface area contributed by atoms with E-state index in [2.05, 4.69) is 43.8 Å². The summed E-state index contributed by atoms with van der Waals surface area (Å²) in [6.07, 6.45) is 3.56. The van der Waals surface area contributed by atoms with Crippen LogP contribution < -0.4 is 5.32 Å². The molecule has 0 amide bonds. The van der Waals surface area contributed by atoms with Crippen molar-refractivity contribution in [2.45, 2.75) is 45.3 Å². The highest BCUT2D eigenvalue weighted by Gasteiger charge is 2.19. The molecule has 18 heavy (non-hydrogen) atoms. The summed E-state index contributed by atoms with van der Waals surface area (Å²) < 4.78 is 2.29. The van der Waals surface area contributed by atoms with Crippen molar-refractivity contribution in [2.24, 2.45) is 0 Å². The van der Waals surface area contributed by atoms with Crippen molar-refractivity contribution in [3.63, 3.8) is 0 Å². The first kappa shape index (κ1) is 11.9. The zero-order chi connectivity index (χ0) is 12.4. The van der Waals surface area contributed by atoms with Crippen LogP contribution in [-0.4, -0.2) is 14.8 Å². The molecule has 1 atom stereocenters. The van der Waals surface area contributed by atoms with Gasteiger partial charge < -0.3 is 9.88 Å². The molecule has 0 saturated carbocycles. The first-order valence-corrected chi connectivity index (χ1v) is 7.45. The molecule has 4 nitrogen and oxygen atoms in total. The highest BCUT2D eigenvalue weighted by molar-refractivity contribution is 7.07. The van der Waals surface area contributed by atoms with Crippen LogP contribution in [0.25, 0.3) is 0 Å². The number of rotatable bonds is 4. The van der Waals surface area contributed by atoms with Gasteiger partial charge in [0.2, 0.25) is 0 Å². The second kappa shape index (κ2) is 5.20. The van der Waals surface area contributed by atoms with Crippen molar-refractivity contribution in [1.29, 1.82) is 0 Å². The summed E-state index contributed by atoms with van der Waals surface area (Å²) in [6.45, 7) is 4.13. The minimum absolute atomic E-state index is 0.254. The molecular weight excluding hydrogens is 244 g/mol. The maximum Gasteiger partial charge on any atom is 0.149 e. The van der Waals surface area contributed by atoms with E-state index in [4.69, 9.17) is 0 Å². The molecule has 5 heteroatoms. The van der Waals surface area contributed by atoms with E-state index in [0.717, 1.165) is 31.2 Å². The Hall–Kier alpha value is -1.20. The molecule has 0 saturated heterocycles. The summed E-state index contributed by atoms with van der Waals surface area (Å²) in [6, 6.07) is 2.41. The number of nitrogens with one attached hydrogen (secondary N) is 1. The Morgan fingerprint density at radius 2 is 2.39 bits per heavy atom. The van der Waals surface area contributed by atoms with E-state index in [9.17, 15) is 0 Å². The van der Waals surface area contributed by atoms with Crippen molar-refractivity contribution in [3.8, 4) is 0 Å². The minimum Gasteiger partial charge on any atom is -0.314 e. The number of thiophene rings is 1. The lowest BCUT2D eigenvalue weighted by Crippen LogP contribution is -2.23. The standard InChI is InChI=1S/C13H18N4S/c1-10(14-8-11-5-7-18-9-11)13-16-15-12-4-2-3-6-17(12)13/h5,7,9-10,14H,2-4,6,8H2,1H3/t10-/m1/s1. The first-order valence-electron chi connectivity index (χ1n) is 6.51. The highest BCUT2D eigenvalue weighted by Crippen LogP contribution is 2.19. The average molecular weight is 262 g/mol. The van der Waals surface area contributed by atoms with Crippen LogP contribution in [0.3, 0.4) is 0 Å². The second-order valence-corrected chi connectivity index (χ2v) is 5.60. The molecule has 0 radical (unpaired) electrons. The number of aromatic nitrogens is 3. The Morgan fingerprint density at radius 1 is 1.44 bits per heavy atom. The predicted molar refractivity (Wildman–Crippen MR) is 72.5 cm³/mol. The van der Waals surface area contributed by atoms with Gasteiger partial charge in [0.1, 0.15) is 11.6 Å². The van der Waals surface area contributed by atoms with Crippen LogP contribution in [0.2, 0.25) is 0 Å². The number of fused-ring (bicyclic) bond motifs is 1. The van der Waals surface area contributed by atoms with Gasteiger partial charge in [-0.3, -0.25) is 0 Å². The molecule has 2 aromatic rings. The summed E-state index contributed by atoms with van der Waals surface area (Å²) in [4.78, 5) is 0. The maximum atomic E-state index is 4.35. The summed E-state index contributed by atoms with van der Waals surface area (Å²) in [5, 5.41) is 16.5. The van der Waals surface area contributed by atoms with Gasteiger partial charge in [0.05, 0.1) is 6.04 Å². The Kier molecular flexibility index (Phi) is 3.43. The molecule has 2 aromatic heterocycles. The fraction of sp³-hybridized carbons (Fsp3) is 0.538. The maximum absolute atomic E-state index is 4.35. The molecule has 1 aliphatic heterocycles. The molecule has 0 spiro atoms. The molecule has 3 heterocycles. The van der Waals surface area contributed by atoms with E-state index in [1.807, 2.05) is 0 Å². The van der Waals surface area contributed by atoms with Crippen molar-refractivity contribution in [1.82, 2.24) is 20.1 Å². The van der Waals surface area contributed by atoms with Crippen molar-refractivity contribution in [3.05, 3.63) is 34.0 Å². The fourth-order valence-electron chi connectivity index (χ4n) is 2.41. The molecular formula is C13H18N4S. The lowest BCUT2D eigenvalue weighted by atomic mass is 10.1. The predicted octanol–water partition coefficient (Wildman–Crippen LogP) is 2.53. The quantitative estimate of drug-likeness (QED) is 0.920. The van der Waals surface area contributed by atoms with Crippen LogP contribution in [-0.2, 0) is 19.5 Å². The van der Waals surface area contributed by atoms with E-state index in [0.29, 0.717) is 0 Å². The van der Waals surface area contributed by atoms with Gasteiger partial charge in [0.25, 0.3) is 0 Å². The molecule has 0 unspecified atom stereocenters. The summed E-state index contributed by atoms with van der Waals surface area (Å²) in [7, 11) is 0. The van der Waals surface area contributed by atoms with E-state index < -0.39 is 0 Å². The van der Waals surface area contributed by atoms with Crippen LogP contribution in [0.5, 0.6) is 0 Å². The third-order valence-corrected chi connectivity index (χ3v) is 4.20. The molecule has 0 aromatic carbocycles. The highest BCUT2D eigenvalue weighted by atomic mass is 32.1. The smallest absolute Gasteiger partial charge is 0.149 e. The van der Waals surface area contributed by atoms with Gasteiger partial charge in [-0.2, -0.15) is 11.3 Å². The Labute approximate surface area is 111 Å². The minimum atomic E-state index is 0.254. The Bertz CT molecular complexity index is 503.